The monoisotopic (exact) mass is 435 g/mol. The molecule has 1 N–H and O–H groups in total. The molecule has 32 heavy (non-hydrogen) atoms. The summed E-state index contributed by atoms with van der Waals surface area (Å²) < 4.78 is 5.56. The van der Waals surface area contributed by atoms with Crippen molar-refractivity contribution in [1.82, 2.24) is 15.1 Å². The lowest BCUT2D eigenvalue weighted by atomic mass is 9.90. The fourth-order valence-electron chi connectivity index (χ4n) is 5.20. The normalized spacial score (nSPS) is 20.5. The number of amides is 1. The Kier molecular flexibility index (Phi) is 8.32. The van der Waals surface area contributed by atoms with Crippen LogP contribution in [0.2, 0.25) is 0 Å². The van der Waals surface area contributed by atoms with Gasteiger partial charge in [-0.05, 0) is 56.3 Å². The molecule has 1 amide bonds. The maximum atomic E-state index is 12.9. The Morgan fingerprint density at radius 1 is 0.969 bits per heavy atom. The molecule has 5 heteroatoms. The van der Waals surface area contributed by atoms with Gasteiger partial charge in [0.15, 0.2) is 0 Å². The Balaban J connectivity index is 1.28. The minimum atomic E-state index is 0.0404. The molecule has 5 nitrogen and oxygen atoms in total. The van der Waals surface area contributed by atoms with E-state index in [0.717, 1.165) is 64.6 Å². The van der Waals surface area contributed by atoms with Crippen LogP contribution in [0.25, 0.3) is 0 Å². The van der Waals surface area contributed by atoms with Gasteiger partial charge in [-0.15, -0.1) is 0 Å². The summed E-state index contributed by atoms with van der Waals surface area (Å²) in [5.41, 5.74) is 2.68. The molecule has 0 unspecified atom stereocenters. The number of rotatable bonds is 8. The van der Waals surface area contributed by atoms with E-state index in [0.29, 0.717) is 6.54 Å². The van der Waals surface area contributed by atoms with E-state index >= 15 is 0 Å². The fraction of sp³-hybridized carbons (Fsp3) is 0.519. The van der Waals surface area contributed by atoms with E-state index in [1.165, 1.54) is 11.1 Å². The molecule has 172 valence electrons. The molecule has 2 aliphatic heterocycles. The van der Waals surface area contributed by atoms with Gasteiger partial charge in [0.2, 0.25) is 5.91 Å². The SMILES string of the molecule is C[C@@H](NC(=O)CN1CCC(Cc2ccccc2)CC1)[C@H](c1ccccc1)N1CCOCC1. The molecule has 2 fully saturated rings. The summed E-state index contributed by atoms with van der Waals surface area (Å²) in [7, 11) is 0. The molecule has 0 aromatic heterocycles. The zero-order chi connectivity index (χ0) is 22.2. The zero-order valence-corrected chi connectivity index (χ0v) is 19.3. The van der Waals surface area contributed by atoms with Crippen LogP contribution in [0.4, 0.5) is 0 Å². The van der Waals surface area contributed by atoms with E-state index in [1.807, 2.05) is 6.07 Å². The summed E-state index contributed by atoms with van der Waals surface area (Å²) in [6.45, 7) is 7.94. The number of benzene rings is 2. The van der Waals surface area contributed by atoms with E-state index in [2.05, 4.69) is 76.6 Å². The lowest BCUT2D eigenvalue weighted by Crippen LogP contribution is -2.50. The second-order valence-electron chi connectivity index (χ2n) is 9.27. The van der Waals surface area contributed by atoms with Crippen molar-refractivity contribution >= 4 is 5.91 Å². The average molecular weight is 436 g/mol. The minimum Gasteiger partial charge on any atom is -0.379 e. The quantitative estimate of drug-likeness (QED) is 0.689. The Morgan fingerprint density at radius 2 is 1.59 bits per heavy atom. The predicted molar refractivity (Wildman–Crippen MR) is 128 cm³/mol. The predicted octanol–water partition coefficient (Wildman–Crippen LogP) is 3.52. The van der Waals surface area contributed by atoms with Crippen LogP contribution in [-0.4, -0.2) is 67.7 Å². The number of piperidine rings is 1. The molecule has 0 bridgehead atoms. The van der Waals surface area contributed by atoms with Crippen LogP contribution in [0.15, 0.2) is 60.7 Å². The Morgan fingerprint density at radius 3 is 2.25 bits per heavy atom. The number of morpholine rings is 1. The zero-order valence-electron chi connectivity index (χ0n) is 19.3. The second kappa shape index (κ2) is 11.6. The molecule has 0 radical (unpaired) electrons. The van der Waals surface area contributed by atoms with E-state index in [-0.39, 0.29) is 18.0 Å². The standard InChI is InChI=1S/C27H37N3O2/c1-22(27(25-10-6-3-7-11-25)30-16-18-32-19-17-30)28-26(31)21-29-14-12-24(13-15-29)20-23-8-4-2-5-9-23/h2-11,22,24,27H,12-21H2,1H3,(H,28,31)/t22-,27-/m1/s1. The number of ether oxygens (including phenoxy) is 1. The highest BCUT2D eigenvalue weighted by atomic mass is 16.5. The molecule has 2 aromatic carbocycles. The molecule has 0 aliphatic carbocycles. The summed E-state index contributed by atoms with van der Waals surface area (Å²) >= 11 is 0. The van der Waals surface area contributed by atoms with E-state index in [4.69, 9.17) is 4.74 Å². The lowest BCUT2D eigenvalue weighted by molar-refractivity contribution is -0.123. The summed E-state index contributed by atoms with van der Waals surface area (Å²) in [6.07, 6.45) is 3.48. The van der Waals surface area contributed by atoms with E-state index < -0.39 is 0 Å². The molecular formula is C27H37N3O2. The van der Waals surface area contributed by atoms with Crippen molar-refractivity contribution in [3.05, 3.63) is 71.8 Å². The van der Waals surface area contributed by atoms with E-state index in [1.54, 1.807) is 0 Å². The maximum Gasteiger partial charge on any atom is 0.234 e. The molecule has 0 spiro atoms. The van der Waals surface area contributed by atoms with Gasteiger partial charge in [0.25, 0.3) is 0 Å². The first-order valence-electron chi connectivity index (χ1n) is 12.1. The molecule has 2 atom stereocenters. The average Bonchev–Trinajstić information content (AvgIpc) is 2.82. The van der Waals surface area contributed by atoms with Crippen LogP contribution in [0.5, 0.6) is 0 Å². The lowest BCUT2D eigenvalue weighted by Gasteiger charge is -2.39. The third-order valence-corrected chi connectivity index (χ3v) is 6.88. The van der Waals surface area contributed by atoms with Gasteiger partial charge >= 0.3 is 0 Å². The topological polar surface area (TPSA) is 44.8 Å². The number of hydrogen-bond acceptors (Lipinski definition) is 4. The van der Waals surface area contributed by atoms with Crippen LogP contribution in [0.1, 0.15) is 36.9 Å². The third-order valence-electron chi connectivity index (χ3n) is 6.88. The first-order chi connectivity index (χ1) is 15.7. The maximum absolute atomic E-state index is 12.9. The van der Waals surface area contributed by atoms with Crippen molar-refractivity contribution in [3.8, 4) is 0 Å². The van der Waals surface area contributed by atoms with Gasteiger partial charge in [-0.25, -0.2) is 0 Å². The second-order valence-corrected chi connectivity index (χ2v) is 9.27. The van der Waals surface area contributed by atoms with Crippen molar-refractivity contribution in [3.63, 3.8) is 0 Å². The fourth-order valence-corrected chi connectivity index (χ4v) is 5.20. The number of carbonyl (C=O) groups excluding carboxylic acids is 1. The highest BCUT2D eigenvalue weighted by Crippen LogP contribution is 2.26. The summed E-state index contributed by atoms with van der Waals surface area (Å²) in [5.74, 6) is 0.854. The Labute approximate surface area is 192 Å². The van der Waals surface area contributed by atoms with Crippen LogP contribution >= 0.6 is 0 Å². The van der Waals surface area contributed by atoms with Crippen LogP contribution in [-0.2, 0) is 16.0 Å². The van der Waals surface area contributed by atoms with Crippen LogP contribution in [0.3, 0.4) is 0 Å². The van der Waals surface area contributed by atoms with E-state index in [9.17, 15) is 4.79 Å². The van der Waals surface area contributed by atoms with Gasteiger partial charge in [0.1, 0.15) is 0 Å². The largest absolute Gasteiger partial charge is 0.379 e. The van der Waals surface area contributed by atoms with Crippen molar-refractivity contribution in [1.29, 1.82) is 0 Å². The smallest absolute Gasteiger partial charge is 0.234 e. The molecule has 2 heterocycles. The van der Waals surface area contributed by atoms with Crippen molar-refractivity contribution in [2.75, 3.05) is 45.9 Å². The highest BCUT2D eigenvalue weighted by molar-refractivity contribution is 5.78. The number of hydrogen-bond donors (Lipinski definition) is 1. The molecule has 4 rings (SSSR count). The third kappa shape index (κ3) is 6.41. The molecule has 2 aliphatic rings. The van der Waals surface area contributed by atoms with Gasteiger partial charge in [0.05, 0.1) is 25.8 Å². The van der Waals surface area contributed by atoms with Gasteiger partial charge in [-0.1, -0.05) is 60.7 Å². The molecule has 2 saturated heterocycles. The summed E-state index contributed by atoms with van der Waals surface area (Å²) in [6, 6.07) is 21.5. The minimum absolute atomic E-state index is 0.0404. The van der Waals surface area contributed by atoms with Crippen molar-refractivity contribution < 1.29 is 9.53 Å². The molecular weight excluding hydrogens is 398 g/mol. The highest BCUT2D eigenvalue weighted by Gasteiger charge is 2.29. The van der Waals surface area contributed by atoms with Crippen LogP contribution in [0, 0.1) is 5.92 Å². The van der Waals surface area contributed by atoms with Crippen molar-refractivity contribution in [2.24, 2.45) is 5.92 Å². The number of carbonyl (C=O) groups is 1. The number of likely N-dealkylation sites (tertiary alicyclic amines) is 1. The van der Waals surface area contributed by atoms with Gasteiger partial charge in [-0.2, -0.15) is 0 Å². The van der Waals surface area contributed by atoms with Gasteiger partial charge in [-0.3, -0.25) is 14.6 Å². The van der Waals surface area contributed by atoms with Gasteiger partial charge in [0, 0.05) is 19.1 Å². The van der Waals surface area contributed by atoms with Crippen LogP contribution < -0.4 is 5.32 Å². The number of nitrogens with zero attached hydrogens (tertiary/aromatic N) is 2. The van der Waals surface area contributed by atoms with Gasteiger partial charge < -0.3 is 10.1 Å². The number of nitrogens with one attached hydrogen (secondary N) is 1. The van der Waals surface area contributed by atoms with Crippen molar-refractivity contribution in [2.45, 2.75) is 38.3 Å². The Hall–Kier alpha value is -2.21. The summed E-state index contributed by atoms with van der Waals surface area (Å²) in [5, 5.41) is 3.31. The Bertz CT molecular complexity index is 815. The summed E-state index contributed by atoms with van der Waals surface area (Å²) in [4.78, 5) is 17.7. The molecule has 2 aromatic rings. The first-order valence-corrected chi connectivity index (χ1v) is 12.1. The molecule has 0 saturated carbocycles. The first kappa shape index (κ1) is 23.0.